The number of H-pyrrole nitrogens is 1. The van der Waals surface area contributed by atoms with Gasteiger partial charge in [0, 0.05) is 20.3 Å². The van der Waals surface area contributed by atoms with E-state index in [1.807, 2.05) is 44.2 Å². The maximum atomic E-state index is 4.36. The zero-order valence-electron chi connectivity index (χ0n) is 9.65. The lowest BCUT2D eigenvalue weighted by atomic mass is 10.5. The lowest BCUT2D eigenvalue weighted by Crippen LogP contribution is -2.46. The van der Waals surface area contributed by atoms with E-state index in [1.165, 1.54) is 0 Å². The van der Waals surface area contributed by atoms with E-state index in [2.05, 4.69) is 25.6 Å². The highest BCUT2D eigenvalue weighted by Gasteiger charge is 2.14. The summed E-state index contributed by atoms with van der Waals surface area (Å²) in [6.45, 7) is 1.95. The summed E-state index contributed by atoms with van der Waals surface area (Å²) in [5.41, 5.74) is 0. The van der Waals surface area contributed by atoms with Crippen molar-refractivity contribution in [1.29, 1.82) is 0 Å². The van der Waals surface area contributed by atoms with Gasteiger partial charge < -0.3 is 15.2 Å². The van der Waals surface area contributed by atoms with Crippen LogP contribution in [0.25, 0.3) is 0 Å². The Morgan fingerprint density at radius 1 is 1.38 bits per heavy atom. The Kier molecular flexibility index (Phi) is 2.80. The van der Waals surface area contributed by atoms with E-state index in [4.69, 9.17) is 0 Å². The molecule has 6 heteroatoms. The molecule has 1 atom stereocenters. The van der Waals surface area contributed by atoms with E-state index in [0.717, 1.165) is 11.8 Å². The predicted molar refractivity (Wildman–Crippen MR) is 65.6 cm³/mol. The van der Waals surface area contributed by atoms with Crippen molar-refractivity contribution in [2.24, 2.45) is 9.98 Å². The average Bonchev–Trinajstić information content (AvgIpc) is 2.69. The zero-order chi connectivity index (χ0) is 11.5. The summed E-state index contributed by atoms with van der Waals surface area (Å²) < 4.78 is 0. The second-order valence-corrected chi connectivity index (χ2v) is 3.79. The third-order valence-corrected chi connectivity index (χ3v) is 2.13. The minimum atomic E-state index is -0.0730. The van der Waals surface area contributed by atoms with Gasteiger partial charge in [0.1, 0.15) is 12.0 Å². The summed E-state index contributed by atoms with van der Waals surface area (Å²) in [6, 6.07) is 3.87. The Morgan fingerprint density at radius 2 is 2.19 bits per heavy atom. The zero-order valence-corrected chi connectivity index (χ0v) is 9.65. The number of aliphatic imine (C=N–C) groups is 2. The van der Waals surface area contributed by atoms with E-state index in [9.17, 15) is 0 Å². The minimum absolute atomic E-state index is 0.0730. The van der Waals surface area contributed by atoms with E-state index in [0.29, 0.717) is 5.96 Å². The van der Waals surface area contributed by atoms with Crippen LogP contribution in [0.2, 0.25) is 0 Å². The largest absolute Gasteiger partial charge is 0.349 e. The third kappa shape index (κ3) is 2.33. The SMILES string of the molecule is CC1N=C(Nc2ccc[nH]2)NC(N(C)C)=N1. The van der Waals surface area contributed by atoms with Crippen LogP contribution >= 0.6 is 0 Å². The van der Waals surface area contributed by atoms with Gasteiger partial charge in [0.15, 0.2) is 0 Å². The smallest absolute Gasteiger partial charge is 0.205 e. The summed E-state index contributed by atoms with van der Waals surface area (Å²) >= 11 is 0. The van der Waals surface area contributed by atoms with Gasteiger partial charge in [-0.3, -0.25) is 5.32 Å². The van der Waals surface area contributed by atoms with Crippen molar-refractivity contribution in [3.8, 4) is 0 Å². The van der Waals surface area contributed by atoms with Gasteiger partial charge >= 0.3 is 0 Å². The molecule has 2 rings (SSSR count). The molecule has 2 heterocycles. The van der Waals surface area contributed by atoms with Gasteiger partial charge in [-0.15, -0.1) is 0 Å². The Hall–Kier alpha value is -1.98. The van der Waals surface area contributed by atoms with Crippen LogP contribution in [0.1, 0.15) is 6.92 Å². The highest BCUT2D eigenvalue weighted by Crippen LogP contribution is 2.04. The monoisotopic (exact) mass is 220 g/mol. The molecule has 16 heavy (non-hydrogen) atoms. The predicted octanol–water partition coefficient (Wildman–Crippen LogP) is 0.649. The molecule has 3 N–H and O–H groups in total. The van der Waals surface area contributed by atoms with Crippen LogP contribution in [0.15, 0.2) is 28.3 Å². The number of aromatic amines is 1. The molecule has 86 valence electrons. The molecule has 1 aliphatic heterocycles. The third-order valence-electron chi connectivity index (χ3n) is 2.13. The molecule has 0 radical (unpaired) electrons. The van der Waals surface area contributed by atoms with Gasteiger partial charge in [0.2, 0.25) is 11.9 Å². The topological polar surface area (TPSA) is 67.8 Å². The summed E-state index contributed by atoms with van der Waals surface area (Å²) in [4.78, 5) is 13.7. The first-order chi connectivity index (χ1) is 7.65. The normalized spacial score (nSPS) is 19.6. The molecular formula is C10H16N6. The maximum Gasteiger partial charge on any atom is 0.205 e. The Balaban J connectivity index is 2.07. The van der Waals surface area contributed by atoms with Crippen molar-refractivity contribution >= 4 is 17.7 Å². The van der Waals surface area contributed by atoms with Crippen LogP contribution in [0.4, 0.5) is 5.82 Å². The van der Waals surface area contributed by atoms with Crippen LogP contribution in [0.3, 0.4) is 0 Å². The molecule has 0 fully saturated rings. The Morgan fingerprint density at radius 3 is 2.81 bits per heavy atom. The van der Waals surface area contributed by atoms with E-state index < -0.39 is 0 Å². The Bertz CT molecular complexity index is 403. The maximum absolute atomic E-state index is 4.36. The molecule has 1 aliphatic rings. The van der Waals surface area contributed by atoms with Crippen molar-refractivity contribution in [2.45, 2.75) is 13.1 Å². The molecule has 1 unspecified atom stereocenters. The summed E-state index contributed by atoms with van der Waals surface area (Å²) in [7, 11) is 3.88. The van der Waals surface area contributed by atoms with E-state index >= 15 is 0 Å². The second-order valence-electron chi connectivity index (χ2n) is 3.79. The second kappa shape index (κ2) is 4.26. The quantitative estimate of drug-likeness (QED) is 0.651. The molecule has 1 aromatic rings. The number of rotatable bonds is 1. The summed E-state index contributed by atoms with van der Waals surface area (Å²) in [6.07, 6.45) is 1.78. The van der Waals surface area contributed by atoms with Gasteiger partial charge in [-0.25, -0.2) is 9.98 Å². The number of nitrogens with one attached hydrogen (secondary N) is 3. The highest BCUT2D eigenvalue weighted by atomic mass is 15.4. The van der Waals surface area contributed by atoms with Crippen LogP contribution < -0.4 is 10.6 Å². The lowest BCUT2D eigenvalue weighted by Gasteiger charge is -2.24. The molecule has 1 aromatic heterocycles. The van der Waals surface area contributed by atoms with Gasteiger partial charge in [0.25, 0.3) is 0 Å². The van der Waals surface area contributed by atoms with E-state index in [1.54, 1.807) is 0 Å². The summed E-state index contributed by atoms with van der Waals surface area (Å²) in [5.74, 6) is 2.41. The number of nitrogens with zero attached hydrogens (tertiary/aromatic N) is 3. The fraction of sp³-hybridized carbons (Fsp3) is 0.400. The molecule has 0 aromatic carbocycles. The number of aromatic nitrogens is 1. The molecule has 0 amide bonds. The van der Waals surface area contributed by atoms with Gasteiger partial charge in [0.05, 0.1) is 0 Å². The minimum Gasteiger partial charge on any atom is -0.349 e. The highest BCUT2D eigenvalue weighted by molar-refractivity contribution is 6.05. The summed E-state index contributed by atoms with van der Waals surface area (Å²) in [5, 5.41) is 6.27. The van der Waals surface area contributed by atoms with Crippen molar-refractivity contribution in [3.05, 3.63) is 18.3 Å². The average molecular weight is 220 g/mol. The van der Waals surface area contributed by atoms with Crippen molar-refractivity contribution in [3.63, 3.8) is 0 Å². The first kappa shape index (κ1) is 10.5. The molecule has 0 saturated heterocycles. The van der Waals surface area contributed by atoms with Gasteiger partial charge in [-0.2, -0.15) is 0 Å². The number of anilines is 1. The van der Waals surface area contributed by atoms with Crippen LogP contribution in [-0.2, 0) is 0 Å². The standard InChI is InChI=1S/C10H16N6/c1-7-12-9(14-8-5-4-6-11-8)15-10(13-7)16(2)3/h4-7,11H,1-3H3,(H2,12,13,14,15). The van der Waals surface area contributed by atoms with Crippen molar-refractivity contribution < 1.29 is 0 Å². The van der Waals surface area contributed by atoms with Crippen LogP contribution in [0, 0.1) is 0 Å². The van der Waals surface area contributed by atoms with Gasteiger partial charge in [-0.1, -0.05) is 0 Å². The molecular weight excluding hydrogens is 204 g/mol. The van der Waals surface area contributed by atoms with Crippen LogP contribution in [-0.4, -0.2) is 42.1 Å². The number of hydrogen-bond acceptors (Lipinski definition) is 5. The first-order valence-electron chi connectivity index (χ1n) is 5.15. The number of guanidine groups is 2. The van der Waals surface area contributed by atoms with Crippen LogP contribution in [0.5, 0.6) is 0 Å². The number of hydrogen-bond donors (Lipinski definition) is 3. The molecule has 6 nitrogen and oxygen atoms in total. The fourth-order valence-electron chi connectivity index (χ4n) is 1.39. The molecule has 0 bridgehead atoms. The lowest BCUT2D eigenvalue weighted by molar-refractivity contribution is 0.582. The van der Waals surface area contributed by atoms with E-state index in [-0.39, 0.29) is 6.17 Å². The molecule has 0 aliphatic carbocycles. The van der Waals surface area contributed by atoms with Crippen molar-refractivity contribution in [2.75, 3.05) is 19.4 Å². The molecule has 0 saturated carbocycles. The Labute approximate surface area is 94.5 Å². The first-order valence-corrected chi connectivity index (χ1v) is 5.15. The van der Waals surface area contributed by atoms with Crippen molar-refractivity contribution in [1.82, 2.24) is 15.2 Å². The van der Waals surface area contributed by atoms with Gasteiger partial charge in [-0.05, 0) is 19.1 Å². The fourth-order valence-corrected chi connectivity index (χ4v) is 1.39. The molecule has 0 spiro atoms.